The predicted octanol–water partition coefficient (Wildman–Crippen LogP) is 0.169. The molecule has 0 radical (unpaired) electrons. The predicted molar refractivity (Wildman–Crippen MR) is 83.4 cm³/mol. The Morgan fingerprint density at radius 3 is 2.41 bits per heavy atom. The fourth-order valence-corrected chi connectivity index (χ4v) is 3.01. The largest absolute Gasteiger partial charge is 0.462 e. The Bertz CT molecular complexity index is 557. The number of nitrogens with one attached hydrogen (secondary N) is 2. The van der Waals surface area contributed by atoms with Gasteiger partial charge in [0.1, 0.15) is 5.69 Å². The molecule has 1 amide bonds. The van der Waals surface area contributed by atoms with Crippen LogP contribution in [-0.2, 0) is 4.74 Å². The van der Waals surface area contributed by atoms with Gasteiger partial charge in [-0.15, -0.1) is 0 Å². The number of hydrogen-bond donors (Lipinski definition) is 2. The summed E-state index contributed by atoms with van der Waals surface area (Å²) in [6.45, 7) is 12.4. The van der Waals surface area contributed by atoms with Gasteiger partial charge in [-0.1, -0.05) is 0 Å². The molecule has 0 aliphatic carbocycles. The van der Waals surface area contributed by atoms with E-state index in [0.717, 1.165) is 32.7 Å². The van der Waals surface area contributed by atoms with Gasteiger partial charge in [-0.05, 0) is 33.3 Å². The average Bonchev–Trinajstić information content (AvgIpc) is 2.81. The number of carbonyl (C=O) groups excluding carboxylic acids is 2. The molecule has 2 N–H and O–H groups in total. The molecule has 0 aromatic carbocycles. The van der Waals surface area contributed by atoms with E-state index in [4.69, 9.17) is 4.74 Å². The minimum atomic E-state index is -0.368. The fourth-order valence-electron chi connectivity index (χ4n) is 3.01. The molecule has 0 bridgehead atoms. The molecule has 2 heterocycles. The van der Waals surface area contributed by atoms with E-state index in [2.05, 4.69) is 11.9 Å². The van der Waals surface area contributed by atoms with E-state index in [1.165, 1.54) is 4.90 Å². The summed E-state index contributed by atoms with van der Waals surface area (Å²) in [5.74, 6) is -0.389. The first-order valence-electron chi connectivity index (χ1n) is 7.98. The molecular weight excluding hydrogens is 282 g/mol. The second-order valence-corrected chi connectivity index (χ2v) is 5.74. The molecule has 0 saturated carbocycles. The van der Waals surface area contributed by atoms with Crippen LogP contribution in [0.2, 0.25) is 0 Å². The molecule has 0 unspecified atom stereocenters. The fraction of sp³-hybridized carbons (Fsp3) is 0.625. The lowest BCUT2D eigenvalue weighted by Gasteiger charge is -2.31. The monoisotopic (exact) mass is 308 g/mol. The normalized spacial score (nSPS) is 15.9. The van der Waals surface area contributed by atoms with Gasteiger partial charge < -0.3 is 19.5 Å². The topological polar surface area (TPSA) is 66.8 Å². The Morgan fingerprint density at radius 1 is 1.23 bits per heavy atom. The highest BCUT2D eigenvalue weighted by molar-refractivity contribution is 6.00. The van der Waals surface area contributed by atoms with Crippen molar-refractivity contribution in [2.24, 2.45) is 0 Å². The number of nitrogens with zero attached hydrogens (tertiary/aromatic N) is 1. The van der Waals surface area contributed by atoms with Gasteiger partial charge in [0.2, 0.25) is 0 Å². The number of piperazine rings is 1. The number of aromatic amines is 1. The van der Waals surface area contributed by atoms with E-state index >= 15 is 0 Å². The molecule has 1 aromatic rings. The number of quaternary nitrogens is 1. The Hall–Kier alpha value is -1.82. The molecular formula is C16H26N3O3+. The van der Waals surface area contributed by atoms with Crippen LogP contribution in [0.4, 0.5) is 0 Å². The molecule has 6 nitrogen and oxygen atoms in total. The van der Waals surface area contributed by atoms with E-state index in [-0.39, 0.29) is 11.9 Å². The third-order valence-electron chi connectivity index (χ3n) is 4.39. The summed E-state index contributed by atoms with van der Waals surface area (Å²) in [5.41, 5.74) is 2.38. The van der Waals surface area contributed by atoms with Gasteiger partial charge in [0.15, 0.2) is 0 Å². The van der Waals surface area contributed by atoms with Crippen LogP contribution in [0.15, 0.2) is 0 Å². The lowest BCUT2D eigenvalue weighted by atomic mass is 10.1. The van der Waals surface area contributed by atoms with Gasteiger partial charge in [-0.3, -0.25) is 4.79 Å². The van der Waals surface area contributed by atoms with Gasteiger partial charge in [0.25, 0.3) is 5.91 Å². The summed E-state index contributed by atoms with van der Waals surface area (Å²) in [6, 6.07) is 0. The summed E-state index contributed by atoms with van der Waals surface area (Å²) < 4.78 is 5.07. The van der Waals surface area contributed by atoms with E-state index in [1.807, 2.05) is 4.90 Å². The highest BCUT2D eigenvalue weighted by Gasteiger charge is 2.28. The molecule has 1 saturated heterocycles. The first-order valence-corrected chi connectivity index (χ1v) is 7.98. The number of esters is 1. The van der Waals surface area contributed by atoms with Crippen LogP contribution in [0, 0.1) is 13.8 Å². The number of aromatic nitrogens is 1. The zero-order valence-electron chi connectivity index (χ0n) is 13.9. The average molecular weight is 308 g/mol. The van der Waals surface area contributed by atoms with Crippen molar-refractivity contribution in [1.82, 2.24) is 9.88 Å². The SMILES string of the molecule is CCOC(=O)c1c(C)[nH]c(C(=O)N2CC[NH+](CC)CC2)c1C. The van der Waals surface area contributed by atoms with Crippen LogP contribution in [0.1, 0.15) is 46.0 Å². The van der Waals surface area contributed by atoms with Gasteiger partial charge in [-0.2, -0.15) is 0 Å². The summed E-state index contributed by atoms with van der Waals surface area (Å²) in [7, 11) is 0. The number of carbonyl (C=O) groups is 2. The van der Waals surface area contributed by atoms with Gasteiger partial charge in [0.05, 0.1) is 44.9 Å². The number of rotatable bonds is 4. The molecule has 1 fully saturated rings. The molecule has 122 valence electrons. The van der Waals surface area contributed by atoms with Crippen LogP contribution < -0.4 is 4.90 Å². The molecule has 2 rings (SSSR count). The first-order chi connectivity index (χ1) is 10.5. The molecule has 22 heavy (non-hydrogen) atoms. The highest BCUT2D eigenvalue weighted by atomic mass is 16.5. The lowest BCUT2D eigenvalue weighted by molar-refractivity contribution is -0.902. The van der Waals surface area contributed by atoms with Gasteiger partial charge >= 0.3 is 5.97 Å². The third-order valence-corrected chi connectivity index (χ3v) is 4.39. The summed E-state index contributed by atoms with van der Waals surface area (Å²) in [6.07, 6.45) is 0. The van der Waals surface area contributed by atoms with Crippen molar-refractivity contribution in [1.29, 1.82) is 0 Å². The number of ether oxygens (including phenoxy) is 1. The Morgan fingerprint density at radius 2 is 1.86 bits per heavy atom. The van der Waals surface area contributed by atoms with Crippen molar-refractivity contribution in [3.05, 3.63) is 22.5 Å². The van der Waals surface area contributed by atoms with Crippen LogP contribution in [0.25, 0.3) is 0 Å². The Labute approximate surface area is 131 Å². The minimum Gasteiger partial charge on any atom is -0.462 e. The quantitative estimate of drug-likeness (QED) is 0.779. The maximum atomic E-state index is 12.7. The molecule has 0 spiro atoms. The molecule has 1 aliphatic heterocycles. The standard InChI is InChI=1S/C16H25N3O3/c1-5-18-7-9-19(10-8-18)15(20)14-11(3)13(12(4)17-14)16(21)22-6-2/h17H,5-10H2,1-4H3/p+1. The minimum absolute atomic E-state index is 0.0219. The Kier molecular flexibility index (Phi) is 5.24. The number of H-pyrrole nitrogens is 1. The molecule has 1 aromatic heterocycles. The highest BCUT2D eigenvalue weighted by Crippen LogP contribution is 2.20. The van der Waals surface area contributed by atoms with Gasteiger partial charge in [0, 0.05) is 5.69 Å². The van der Waals surface area contributed by atoms with Crippen LogP contribution in [0.5, 0.6) is 0 Å². The number of amides is 1. The lowest BCUT2D eigenvalue weighted by Crippen LogP contribution is -3.14. The molecule has 0 atom stereocenters. The number of likely N-dealkylation sites (N-methyl/N-ethyl adjacent to an activating group) is 1. The third kappa shape index (κ3) is 3.16. The van der Waals surface area contributed by atoms with Crippen molar-refractivity contribution >= 4 is 11.9 Å². The van der Waals surface area contributed by atoms with E-state index in [9.17, 15) is 9.59 Å². The zero-order chi connectivity index (χ0) is 16.3. The number of hydrogen-bond acceptors (Lipinski definition) is 3. The summed E-state index contributed by atoms with van der Waals surface area (Å²) in [5, 5.41) is 0. The van der Waals surface area contributed by atoms with Crippen LogP contribution in [0.3, 0.4) is 0 Å². The van der Waals surface area contributed by atoms with E-state index in [1.54, 1.807) is 20.8 Å². The first kappa shape index (κ1) is 16.5. The van der Waals surface area contributed by atoms with Crippen molar-refractivity contribution < 1.29 is 19.2 Å². The zero-order valence-corrected chi connectivity index (χ0v) is 13.9. The van der Waals surface area contributed by atoms with Gasteiger partial charge in [-0.25, -0.2) is 4.79 Å². The molecule has 1 aliphatic rings. The maximum absolute atomic E-state index is 12.7. The van der Waals surface area contributed by atoms with Crippen molar-refractivity contribution in [2.45, 2.75) is 27.7 Å². The maximum Gasteiger partial charge on any atom is 0.340 e. The molecule has 6 heteroatoms. The van der Waals surface area contributed by atoms with Crippen molar-refractivity contribution in [2.75, 3.05) is 39.3 Å². The van der Waals surface area contributed by atoms with E-state index < -0.39 is 0 Å². The Balaban J connectivity index is 2.17. The summed E-state index contributed by atoms with van der Waals surface area (Å²) in [4.78, 5) is 31.2. The van der Waals surface area contributed by atoms with Crippen molar-refractivity contribution in [3.8, 4) is 0 Å². The number of aryl methyl sites for hydroxylation is 1. The second-order valence-electron chi connectivity index (χ2n) is 5.74. The second kappa shape index (κ2) is 6.96. The smallest absolute Gasteiger partial charge is 0.340 e. The van der Waals surface area contributed by atoms with E-state index in [0.29, 0.717) is 29.1 Å². The summed E-state index contributed by atoms with van der Waals surface area (Å²) >= 11 is 0. The van der Waals surface area contributed by atoms with Crippen molar-refractivity contribution in [3.63, 3.8) is 0 Å². The van der Waals surface area contributed by atoms with Crippen LogP contribution in [-0.4, -0.2) is 61.1 Å². The van der Waals surface area contributed by atoms with Crippen LogP contribution >= 0.6 is 0 Å².